The van der Waals surface area contributed by atoms with Gasteiger partial charge in [0.05, 0.1) is 25.5 Å². The van der Waals surface area contributed by atoms with Crippen molar-refractivity contribution in [2.45, 2.75) is 6.54 Å². The van der Waals surface area contributed by atoms with E-state index in [1.807, 2.05) is 0 Å². The van der Waals surface area contributed by atoms with Crippen molar-refractivity contribution in [3.63, 3.8) is 0 Å². The number of ether oxygens (including phenoxy) is 1. The molecule has 0 bridgehead atoms. The molecule has 1 heterocycles. The molecule has 0 atom stereocenters. The molecule has 1 N–H and O–H groups in total. The van der Waals surface area contributed by atoms with Gasteiger partial charge in [-0.2, -0.15) is 5.10 Å². The zero-order chi connectivity index (χ0) is 17.8. The molecule has 0 spiro atoms. The smallest absolute Gasteiger partial charge is 0.255 e. The number of carbonyl (C=O) groups excluding carboxylic acids is 1. The first-order chi connectivity index (χ1) is 12.1. The summed E-state index contributed by atoms with van der Waals surface area (Å²) in [5, 5.41) is 7.20. The highest BCUT2D eigenvalue weighted by atomic mass is 35.5. The molecule has 2 aromatic carbocycles. The number of rotatable bonds is 5. The maximum atomic E-state index is 13.8. The Morgan fingerprint density at radius 1 is 1.28 bits per heavy atom. The monoisotopic (exact) mass is 359 g/mol. The third-order valence-corrected chi connectivity index (χ3v) is 3.98. The molecule has 0 aliphatic carbocycles. The molecule has 3 aromatic rings. The SMILES string of the molecule is COc1ccc(C(=O)Nc2cnn(Cc3c(F)cccc3Cl)c2)cc1. The van der Waals surface area contributed by atoms with Gasteiger partial charge in [0.25, 0.3) is 5.91 Å². The van der Waals surface area contributed by atoms with E-state index >= 15 is 0 Å². The van der Waals surface area contributed by atoms with Crippen molar-refractivity contribution in [2.75, 3.05) is 12.4 Å². The number of halogens is 2. The Morgan fingerprint density at radius 3 is 2.72 bits per heavy atom. The number of nitrogens with one attached hydrogen (secondary N) is 1. The van der Waals surface area contributed by atoms with Crippen molar-refractivity contribution in [2.24, 2.45) is 0 Å². The molecule has 0 radical (unpaired) electrons. The Morgan fingerprint density at radius 2 is 2.04 bits per heavy atom. The van der Waals surface area contributed by atoms with Crippen molar-refractivity contribution in [3.05, 3.63) is 76.8 Å². The van der Waals surface area contributed by atoms with Crippen LogP contribution < -0.4 is 10.1 Å². The normalized spacial score (nSPS) is 10.5. The molecule has 25 heavy (non-hydrogen) atoms. The van der Waals surface area contributed by atoms with Gasteiger partial charge < -0.3 is 10.1 Å². The van der Waals surface area contributed by atoms with E-state index in [0.717, 1.165) is 0 Å². The summed E-state index contributed by atoms with van der Waals surface area (Å²) in [5.74, 6) is 0.00378. The maximum absolute atomic E-state index is 13.8. The quantitative estimate of drug-likeness (QED) is 0.749. The molecule has 1 aromatic heterocycles. The Bertz CT molecular complexity index is 873. The molecule has 1 amide bonds. The van der Waals surface area contributed by atoms with Gasteiger partial charge in [-0.3, -0.25) is 9.48 Å². The van der Waals surface area contributed by atoms with Crippen LogP contribution in [0.25, 0.3) is 0 Å². The van der Waals surface area contributed by atoms with Crippen molar-refractivity contribution in [1.29, 1.82) is 0 Å². The minimum atomic E-state index is -0.396. The van der Waals surface area contributed by atoms with Crippen LogP contribution in [0.15, 0.2) is 54.9 Å². The van der Waals surface area contributed by atoms with E-state index in [1.165, 1.54) is 16.9 Å². The summed E-state index contributed by atoms with van der Waals surface area (Å²) in [6, 6.07) is 11.3. The first kappa shape index (κ1) is 17.0. The molecule has 0 saturated carbocycles. The lowest BCUT2D eigenvalue weighted by Crippen LogP contribution is -2.11. The van der Waals surface area contributed by atoms with Gasteiger partial charge in [-0.05, 0) is 36.4 Å². The number of benzene rings is 2. The summed E-state index contributed by atoms with van der Waals surface area (Å²) in [7, 11) is 1.56. The standard InChI is InChI=1S/C18H15ClFN3O2/c1-25-14-7-5-12(6-8-14)18(24)22-13-9-21-23(10-13)11-15-16(19)3-2-4-17(15)20/h2-10H,11H2,1H3,(H,22,24). The lowest BCUT2D eigenvalue weighted by atomic mass is 10.2. The molecule has 7 heteroatoms. The van der Waals surface area contributed by atoms with E-state index in [2.05, 4.69) is 10.4 Å². The lowest BCUT2D eigenvalue weighted by molar-refractivity contribution is 0.102. The number of anilines is 1. The largest absolute Gasteiger partial charge is 0.497 e. The van der Waals surface area contributed by atoms with E-state index in [1.54, 1.807) is 49.7 Å². The predicted molar refractivity (Wildman–Crippen MR) is 93.7 cm³/mol. The Labute approximate surface area is 149 Å². The molecule has 128 valence electrons. The van der Waals surface area contributed by atoms with E-state index in [9.17, 15) is 9.18 Å². The number of nitrogens with zero attached hydrogens (tertiary/aromatic N) is 2. The first-order valence-electron chi connectivity index (χ1n) is 7.47. The van der Waals surface area contributed by atoms with Crippen LogP contribution in [-0.4, -0.2) is 22.8 Å². The maximum Gasteiger partial charge on any atom is 0.255 e. The number of aromatic nitrogens is 2. The van der Waals surface area contributed by atoms with E-state index in [0.29, 0.717) is 27.6 Å². The number of amides is 1. The van der Waals surface area contributed by atoms with Crippen molar-refractivity contribution in [1.82, 2.24) is 9.78 Å². The zero-order valence-corrected chi connectivity index (χ0v) is 14.1. The molecule has 0 unspecified atom stereocenters. The summed E-state index contributed by atoms with van der Waals surface area (Å²) >= 11 is 6.01. The minimum absolute atomic E-state index is 0.171. The Balaban J connectivity index is 1.70. The van der Waals surface area contributed by atoms with Crippen LogP contribution in [-0.2, 0) is 6.54 Å². The predicted octanol–water partition coefficient (Wildman–Crippen LogP) is 3.98. The average molecular weight is 360 g/mol. The van der Waals surface area contributed by atoms with Crippen molar-refractivity contribution < 1.29 is 13.9 Å². The van der Waals surface area contributed by atoms with E-state index in [4.69, 9.17) is 16.3 Å². The lowest BCUT2D eigenvalue weighted by Gasteiger charge is -2.06. The van der Waals surface area contributed by atoms with E-state index < -0.39 is 5.82 Å². The second-order valence-electron chi connectivity index (χ2n) is 5.31. The van der Waals surface area contributed by atoms with Crippen LogP contribution in [0.2, 0.25) is 5.02 Å². The number of carbonyl (C=O) groups is 1. The molecule has 5 nitrogen and oxygen atoms in total. The fourth-order valence-corrected chi connectivity index (χ4v) is 2.53. The van der Waals surface area contributed by atoms with Gasteiger partial charge >= 0.3 is 0 Å². The van der Waals surface area contributed by atoms with Crippen LogP contribution in [0.3, 0.4) is 0 Å². The third kappa shape index (κ3) is 3.97. The first-order valence-corrected chi connectivity index (χ1v) is 7.85. The average Bonchev–Trinajstić information content (AvgIpc) is 3.05. The number of methoxy groups -OCH3 is 1. The van der Waals surface area contributed by atoms with Crippen LogP contribution in [0, 0.1) is 5.82 Å². The summed E-state index contributed by atoms with van der Waals surface area (Å²) in [5.41, 5.74) is 1.35. The van der Waals surface area contributed by atoms with Crippen LogP contribution in [0.1, 0.15) is 15.9 Å². The second kappa shape index (κ2) is 7.36. The fourth-order valence-electron chi connectivity index (χ4n) is 2.31. The molecule has 0 fully saturated rings. The molecule has 0 aliphatic heterocycles. The zero-order valence-electron chi connectivity index (χ0n) is 13.4. The van der Waals surface area contributed by atoms with Gasteiger partial charge in [0.15, 0.2) is 0 Å². The second-order valence-corrected chi connectivity index (χ2v) is 5.72. The topological polar surface area (TPSA) is 56.1 Å². The molecule has 0 aliphatic rings. The van der Waals surface area contributed by atoms with Crippen LogP contribution in [0.5, 0.6) is 5.75 Å². The van der Waals surface area contributed by atoms with Gasteiger partial charge in [-0.15, -0.1) is 0 Å². The summed E-state index contributed by atoms with van der Waals surface area (Å²) in [4.78, 5) is 12.2. The van der Waals surface area contributed by atoms with E-state index in [-0.39, 0.29) is 12.5 Å². The summed E-state index contributed by atoms with van der Waals surface area (Å²) in [6.07, 6.45) is 3.11. The van der Waals surface area contributed by atoms with Crippen LogP contribution in [0.4, 0.5) is 10.1 Å². The van der Waals surface area contributed by atoms with Gasteiger partial charge in [-0.25, -0.2) is 4.39 Å². The highest BCUT2D eigenvalue weighted by molar-refractivity contribution is 6.31. The minimum Gasteiger partial charge on any atom is -0.497 e. The van der Waals surface area contributed by atoms with Crippen molar-refractivity contribution >= 4 is 23.2 Å². The van der Waals surface area contributed by atoms with Gasteiger partial charge in [0, 0.05) is 22.3 Å². The fraction of sp³-hybridized carbons (Fsp3) is 0.111. The van der Waals surface area contributed by atoms with Crippen LogP contribution >= 0.6 is 11.6 Å². The number of hydrogen-bond donors (Lipinski definition) is 1. The van der Waals surface area contributed by atoms with Crippen molar-refractivity contribution in [3.8, 4) is 5.75 Å². The molecule has 0 saturated heterocycles. The summed E-state index contributed by atoms with van der Waals surface area (Å²) < 4.78 is 20.4. The van der Waals surface area contributed by atoms with Gasteiger partial charge in [-0.1, -0.05) is 17.7 Å². The van der Waals surface area contributed by atoms with Gasteiger partial charge in [0.1, 0.15) is 11.6 Å². The Kier molecular flexibility index (Phi) is 5.00. The summed E-state index contributed by atoms with van der Waals surface area (Å²) in [6.45, 7) is 0.171. The Hall–Kier alpha value is -2.86. The molecule has 3 rings (SSSR count). The molecular formula is C18H15ClFN3O2. The number of hydrogen-bond acceptors (Lipinski definition) is 3. The highest BCUT2D eigenvalue weighted by Gasteiger charge is 2.11. The van der Waals surface area contributed by atoms with Gasteiger partial charge in [0.2, 0.25) is 0 Å². The third-order valence-electron chi connectivity index (χ3n) is 3.63. The highest BCUT2D eigenvalue weighted by Crippen LogP contribution is 2.20. The molecular weight excluding hydrogens is 345 g/mol.